The molecular weight excluding hydrogens is 230 g/mol. The largest absolute Gasteiger partial charge is 0.423 e. The summed E-state index contributed by atoms with van der Waals surface area (Å²) in [7, 11) is 0. The Balaban J connectivity index is 2.35. The summed E-state index contributed by atoms with van der Waals surface area (Å²) in [4.78, 5) is 6.46. The Labute approximate surface area is 106 Å². The Morgan fingerprint density at radius 1 is 1.44 bits per heavy atom. The predicted octanol–water partition coefficient (Wildman–Crippen LogP) is 2.01. The summed E-state index contributed by atoms with van der Waals surface area (Å²) in [6.07, 6.45) is 0.687. The van der Waals surface area contributed by atoms with Crippen LogP contribution in [0.25, 0.3) is 11.1 Å². The van der Waals surface area contributed by atoms with Crippen molar-refractivity contribution in [2.24, 2.45) is 0 Å². The number of nitrogens with zero attached hydrogens (tertiary/aromatic N) is 2. The second kappa shape index (κ2) is 5.27. The quantitative estimate of drug-likeness (QED) is 0.793. The lowest BCUT2D eigenvalue weighted by atomic mass is 10.3. The molecule has 0 atom stereocenters. The maximum Gasteiger partial charge on any atom is 0.298 e. The first-order valence-corrected chi connectivity index (χ1v) is 6.16. The van der Waals surface area contributed by atoms with Crippen LogP contribution >= 0.6 is 0 Å². The second-order valence-electron chi connectivity index (χ2n) is 4.55. The van der Waals surface area contributed by atoms with E-state index in [-0.39, 0.29) is 12.6 Å². The van der Waals surface area contributed by atoms with Crippen LogP contribution in [0.5, 0.6) is 0 Å². The smallest absolute Gasteiger partial charge is 0.298 e. The van der Waals surface area contributed by atoms with Gasteiger partial charge in [0, 0.05) is 19.2 Å². The van der Waals surface area contributed by atoms with Crippen molar-refractivity contribution in [2.75, 3.05) is 23.8 Å². The van der Waals surface area contributed by atoms with Crippen LogP contribution in [0.3, 0.4) is 0 Å². The van der Waals surface area contributed by atoms with Crippen LogP contribution in [0.4, 0.5) is 11.7 Å². The molecule has 0 spiro atoms. The molecule has 98 valence electrons. The lowest BCUT2D eigenvalue weighted by Crippen LogP contribution is -2.32. The molecular formula is C13H19N3O2. The van der Waals surface area contributed by atoms with E-state index in [0.29, 0.717) is 35.8 Å². The van der Waals surface area contributed by atoms with E-state index in [1.165, 1.54) is 0 Å². The number of oxazole rings is 1. The van der Waals surface area contributed by atoms with Crippen molar-refractivity contribution in [3.8, 4) is 0 Å². The molecule has 2 aromatic rings. The number of aromatic nitrogens is 1. The fourth-order valence-electron chi connectivity index (χ4n) is 1.90. The zero-order valence-electron chi connectivity index (χ0n) is 10.8. The molecule has 5 heteroatoms. The molecule has 0 amide bonds. The Morgan fingerprint density at radius 2 is 2.22 bits per heavy atom. The van der Waals surface area contributed by atoms with Crippen molar-refractivity contribution in [2.45, 2.75) is 26.3 Å². The van der Waals surface area contributed by atoms with Gasteiger partial charge in [-0.3, -0.25) is 0 Å². The van der Waals surface area contributed by atoms with Gasteiger partial charge in [-0.1, -0.05) is 6.07 Å². The molecule has 0 fully saturated rings. The van der Waals surface area contributed by atoms with Crippen LogP contribution in [-0.4, -0.2) is 29.3 Å². The minimum Gasteiger partial charge on any atom is -0.423 e. The van der Waals surface area contributed by atoms with Crippen molar-refractivity contribution in [1.29, 1.82) is 0 Å². The molecule has 0 saturated carbocycles. The highest BCUT2D eigenvalue weighted by Gasteiger charge is 2.17. The molecule has 0 aliphatic carbocycles. The lowest BCUT2D eigenvalue weighted by Gasteiger charge is -2.24. The zero-order valence-corrected chi connectivity index (χ0v) is 10.8. The van der Waals surface area contributed by atoms with Gasteiger partial charge in [-0.15, -0.1) is 0 Å². The number of hydrogen-bond donors (Lipinski definition) is 2. The summed E-state index contributed by atoms with van der Waals surface area (Å²) in [6, 6.07) is 6.33. The van der Waals surface area contributed by atoms with Gasteiger partial charge in [-0.25, -0.2) is 0 Å². The van der Waals surface area contributed by atoms with Crippen LogP contribution in [0.15, 0.2) is 22.6 Å². The maximum absolute atomic E-state index is 8.93. The molecule has 18 heavy (non-hydrogen) atoms. The number of aliphatic hydroxyl groups excluding tert-OH is 1. The van der Waals surface area contributed by atoms with Crippen LogP contribution in [0.2, 0.25) is 0 Å². The average molecular weight is 249 g/mol. The van der Waals surface area contributed by atoms with Gasteiger partial charge in [0.05, 0.1) is 5.69 Å². The van der Waals surface area contributed by atoms with Gasteiger partial charge in [0.25, 0.3) is 6.01 Å². The summed E-state index contributed by atoms with van der Waals surface area (Å²) < 4.78 is 5.72. The number of para-hydroxylation sites is 1. The molecule has 1 aromatic carbocycles. The number of hydrogen-bond acceptors (Lipinski definition) is 5. The highest BCUT2D eigenvalue weighted by Crippen LogP contribution is 2.26. The topological polar surface area (TPSA) is 75.5 Å². The first-order chi connectivity index (χ1) is 8.63. The van der Waals surface area contributed by atoms with Crippen LogP contribution < -0.4 is 10.6 Å². The standard InChI is InChI=1S/C13H19N3O2/c1-9(2)16(7-4-8-17)13-15-12-10(14)5-3-6-11(12)18-13/h3,5-6,9,17H,4,7-8,14H2,1-2H3. The fraction of sp³-hybridized carbons (Fsp3) is 0.462. The lowest BCUT2D eigenvalue weighted by molar-refractivity contribution is 0.287. The third-order valence-electron chi connectivity index (χ3n) is 2.87. The van der Waals surface area contributed by atoms with Gasteiger partial charge in [0.1, 0.15) is 5.52 Å². The van der Waals surface area contributed by atoms with Crippen LogP contribution in [-0.2, 0) is 0 Å². The average Bonchev–Trinajstić information content (AvgIpc) is 2.74. The molecule has 0 bridgehead atoms. The highest BCUT2D eigenvalue weighted by atomic mass is 16.4. The van der Waals surface area contributed by atoms with Gasteiger partial charge in [0.2, 0.25) is 0 Å². The molecule has 0 aliphatic rings. The predicted molar refractivity (Wildman–Crippen MR) is 72.6 cm³/mol. The molecule has 0 unspecified atom stereocenters. The molecule has 1 aromatic heterocycles. The normalized spacial score (nSPS) is 11.3. The summed E-state index contributed by atoms with van der Waals surface area (Å²) in [5, 5.41) is 8.93. The van der Waals surface area contributed by atoms with E-state index < -0.39 is 0 Å². The van der Waals surface area contributed by atoms with Gasteiger partial charge >= 0.3 is 0 Å². The molecule has 1 heterocycles. The minimum atomic E-state index is 0.158. The van der Waals surface area contributed by atoms with E-state index >= 15 is 0 Å². The van der Waals surface area contributed by atoms with E-state index in [4.69, 9.17) is 15.3 Å². The molecule has 3 N–H and O–H groups in total. The molecule has 5 nitrogen and oxygen atoms in total. The summed E-state index contributed by atoms with van der Waals surface area (Å²) in [5.74, 6) is 0. The summed E-state index contributed by atoms with van der Waals surface area (Å²) >= 11 is 0. The highest BCUT2D eigenvalue weighted by molar-refractivity contribution is 5.86. The number of nitrogen functional groups attached to an aromatic ring is 1. The maximum atomic E-state index is 8.93. The number of nitrogens with two attached hydrogens (primary N) is 1. The van der Waals surface area contributed by atoms with Gasteiger partial charge in [-0.2, -0.15) is 4.98 Å². The van der Waals surface area contributed by atoms with E-state index in [2.05, 4.69) is 18.8 Å². The number of benzene rings is 1. The Hall–Kier alpha value is -1.75. The number of anilines is 2. The number of rotatable bonds is 5. The molecule has 2 rings (SSSR count). The van der Waals surface area contributed by atoms with Crippen molar-refractivity contribution in [1.82, 2.24) is 4.98 Å². The van der Waals surface area contributed by atoms with Gasteiger partial charge in [0.15, 0.2) is 5.58 Å². The van der Waals surface area contributed by atoms with E-state index in [0.717, 1.165) is 0 Å². The third kappa shape index (κ3) is 2.41. The van der Waals surface area contributed by atoms with Crippen LogP contribution in [0, 0.1) is 0 Å². The monoisotopic (exact) mass is 249 g/mol. The van der Waals surface area contributed by atoms with Gasteiger partial charge in [-0.05, 0) is 32.4 Å². The van der Waals surface area contributed by atoms with Gasteiger partial charge < -0.3 is 20.2 Å². The summed E-state index contributed by atoms with van der Waals surface area (Å²) in [5.41, 5.74) is 7.87. The van der Waals surface area contributed by atoms with Crippen molar-refractivity contribution in [3.05, 3.63) is 18.2 Å². The Bertz CT molecular complexity index is 522. The molecule has 0 aliphatic heterocycles. The van der Waals surface area contributed by atoms with Crippen molar-refractivity contribution < 1.29 is 9.52 Å². The van der Waals surface area contributed by atoms with Crippen molar-refractivity contribution in [3.63, 3.8) is 0 Å². The first kappa shape index (κ1) is 12.7. The number of fused-ring (bicyclic) bond motifs is 1. The van der Waals surface area contributed by atoms with Crippen LogP contribution in [0.1, 0.15) is 20.3 Å². The minimum absolute atomic E-state index is 0.158. The number of aliphatic hydroxyl groups is 1. The van der Waals surface area contributed by atoms with E-state index in [9.17, 15) is 0 Å². The molecule has 0 saturated heterocycles. The van der Waals surface area contributed by atoms with E-state index in [1.807, 2.05) is 23.1 Å². The Kier molecular flexibility index (Phi) is 3.72. The summed E-state index contributed by atoms with van der Waals surface area (Å²) in [6.45, 7) is 5.00. The first-order valence-electron chi connectivity index (χ1n) is 6.16. The second-order valence-corrected chi connectivity index (χ2v) is 4.55. The Morgan fingerprint density at radius 3 is 2.83 bits per heavy atom. The zero-order chi connectivity index (χ0) is 13.1. The molecule has 0 radical (unpaired) electrons. The fourth-order valence-corrected chi connectivity index (χ4v) is 1.90. The van der Waals surface area contributed by atoms with Crippen molar-refractivity contribution >= 4 is 22.8 Å². The van der Waals surface area contributed by atoms with E-state index in [1.54, 1.807) is 0 Å². The SMILES string of the molecule is CC(C)N(CCCO)c1nc2c(N)cccc2o1. The third-order valence-corrected chi connectivity index (χ3v) is 2.87.